The zero-order valence-corrected chi connectivity index (χ0v) is 20.6. The molecule has 34 heavy (non-hydrogen) atoms. The lowest BCUT2D eigenvalue weighted by Gasteiger charge is -2.28. The first kappa shape index (κ1) is 25.1. The van der Waals surface area contributed by atoms with Crippen LogP contribution in [0.2, 0.25) is 0 Å². The van der Waals surface area contributed by atoms with Crippen molar-refractivity contribution >= 4 is 28.5 Å². The van der Waals surface area contributed by atoms with E-state index < -0.39 is 11.7 Å². The second kappa shape index (κ2) is 10.6. The monoisotopic (exact) mass is 463 g/mol. The molecule has 7 heteroatoms. The smallest absolute Gasteiger partial charge is 0.429 e. The van der Waals surface area contributed by atoms with Gasteiger partial charge in [-0.05, 0) is 87.4 Å². The summed E-state index contributed by atoms with van der Waals surface area (Å²) >= 11 is 0. The molecule has 0 radical (unpaired) electrons. The van der Waals surface area contributed by atoms with Crippen LogP contribution in [0.15, 0.2) is 60.7 Å². The minimum atomic E-state index is -0.646. The van der Waals surface area contributed by atoms with Crippen molar-refractivity contribution in [3.8, 4) is 5.75 Å². The summed E-state index contributed by atoms with van der Waals surface area (Å²) in [6.45, 7) is 9.70. The minimum Gasteiger partial charge on any atom is -0.497 e. The first-order valence-corrected chi connectivity index (χ1v) is 11.3. The highest BCUT2D eigenvalue weighted by atomic mass is 16.6. The number of methoxy groups -OCH3 is 1. The molecular weight excluding hydrogens is 430 g/mol. The van der Waals surface area contributed by atoms with Gasteiger partial charge in [-0.3, -0.25) is 4.79 Å². The topological polar surface area (TPSA) is 79.9 Å². The summed E-state index contributed by atoms with van der Waals surface area (Å²) in [5.41, 5.74) is 4.69. The molecule has 0 saturated heterocycles. The van der Waals surface area contributed by atoms with E-state index in [2.05, 4.69) is 10.7 Å². The van der Waals surface area contributed by atoms with Crippen molar-refractivity contribution < 1.29 is 19.1 Å². The van der Waals surface area contributed by atoms with E-state index in [0.29, 0.717) is 17.8 Å². The minimum absolute atomic E-state index is 0.0688. The van der Waals surface area contributed by atoms with Crippen molar-refractivity contribution in [2.75, 3.05) is 12.1 Å². The molecule has 0 aliphatic heterocycles. The van der Waals surface area contributed by atoms with E-state index in [1.54, 1.807) is 19.2 Å². The van der Waals surface area contributed by atoms with Crippen LogP contribution >= 0.6 is 0 Å². The van der Waals surface area contributed by atoms with Crippen LogP contribution in [-0.2, 0) is 11.3 Å². The van der Waals surface area contributed by atoms with Crippen LogP contribution in [0.1, 0.15) is 50.5 Å². The summed E-state index contributed by atoms with van der Waals surface area (Å²) in [4.78, 5) is 25.2. The van der Waals surface area contributed by atoms with Crippen molar-refractivity contribution in [1.29, 1.82) is 0 Å². The number of nitrogens with zero attached hydrogens (tertiary/aromatic N) is 1. The lowest BCUT2D eigenvalue weighted by Crippen LogP contribution is -2.45. The number of fused-ring (bicyclic) bond motifs is 1. The van der Waals surface area contributed by atoms with Gasteiger partial charge in [-0.25, -0.2) is 15.2 Å². The molecule has 0 aliphatic rings. The van der Waals surface area contributed by atoms with Crippen molar-refractivity contribution in [1.82, 2.24) is 10.7 Å². The molecule has 3 aromatic rings. The maximum atomic E-state index is 13.0. The highest BCUT2D eigenvalue weighted by Gasteiger charge is 2.24. The molecule has 0 saturated carbocycles. The molecule has 0 bridgehead atoms. The van der Waals surface area contributed by atoms with Crippen molar-refractivity contribution in [2.24, 2.45) is 0 Å². The maximum absolute atomic E-state index is 13.0. The van der Waals surface area contributed by atoms with E-state index in [1.165, 1.54) is 5.01 Å². The van der Waals surface area contributed by atoms with Gasteiger partial charge in [0.15, 0.2) is 0 Å². The highest BCUT2D eigenvalue weighted by molar-refractivity contribution is 5.94. The van der Waals surface area contributed by atoms with Gasteiger partial charge >= 0.3 is 6.09 Å². The Hall–Kier alpha value is -3.58. The quantitative estimate of drug-likeness (QED) is 0.457. The van der Waals surface area contributed by atoms with E-state index in [-0.39, 0.29) is 11.9 Å². The number of rotatable bonds is 7. The fourth-order valence-corrected chi connectivity index (χ4v) is 3.34. The summed E-state index contributed by atoms with van der Waals surface area (Å²) in [6, 6.07) is 18.8. The number of carbonyl (C=O) groups is 2. The fraction of sp³-hybridized carbons (Fsp3) is 0.333. The second-order valence-electron chi connectivity index (χ2n) is 9.37. The van der Waals surface area contributed by atoms with Crippen LogP contribution in [0.5, 0.6) is 5.75 Å². The van der Waals surface area contributed by atoms with Crippen molar-refractivity contribution in [2.45, 2.75) is 52.8 Å². The number of nitrogens with one attached hydrogen (secondary N) is 2. The summed E-state index contributed by atoms with van der Waals surface area (Å²) < 4.78 is 10.9. The van der Waals surface area contributed by atoms with E-state index in [0.717, 1.165) is 22.1 Å². The average molecular weight is 464 g/mol. The van der Waals surface area contributed by atoms with E-state index in [1.807, 2.05) is 83.1 Å². The first-order valence-electron chi connectivity index (χ1n) is 11.3. The standard InChI is InChI=1S/C27H33N3O4/c1-18(2)29-25(31)20-9-7-19(8-10-20)17-28-30(26(32)34-27(3,4)5)23-13-11-22-16-24(33-6)14-12-21(22)15-23/h7-16,18,28H,17H2,1-6H3,(H,29,31). The normalized spacial score (nSPS) is 11.4. The summed E-state index contributed by atoms with van der Waals surface area (Å²) in [5.74, 6) is 0.658. The lowest BCUT2D eigenvalue weighted by atomic mass is 10.1. The highest BCUT2D eigenvalue weighted by Crippen LogP contribution is 2.26. The number of hydrogen-bond acceptors (Lipinski definition) is 5. The van der Waals surface area contributed by atoms with Crippen LogP contribution in [0.4, 0.5) is 10.5 Å². The third-order valence-electron chi connectivity index (χ3n) is 4.94. The summed E-state index contributed by atoms with van der Waals surface area (Å²) in [5, 5.41) is 6.26. The molecule has 3 aromatic carbocycles. The number of anilines is 1. The van der Waals surface area contributed by atoms with Gasteiger partial charge in [0.25, 0.3) is 5.91 Å². The predicted molar refractivity (Wildman–Crippen MR) is 135 cm³/mol. The molecule has 0 aliphatic carbocycles. The van der Waals surface area contributed by atoms with Crippen LogP contribution in [0.25, 0.3) is 10.8 Å². The van der Waals surface area contributed by atoms with Gasteiger partial charge in [-0.2, -0.15) is 0 Å². The van der Waals surface area contributed by atoms with E-state index in [9.17, 15) is 9.59 Å². The molecule has 0 spiro atoms. The zero-order chi connectivity index (χ0) is 24.9. The third-order valence-corrected chi connectivity index (χ3v) is 4.94. The molecule has 0 heterocycles. The Bertz CT molecular complexity index is 1150. The fourth-order valence-electron chi connectivity index (χ4n) is 3.34. The Kier molecular flexibility index (Phi) is 7.79. The predicted octanol–water partition coefficient (Wildman–Crippen LogP) is 5.43. The third kappa shape index (κ3) is 6.71. The van der Waals surface area contributed by atoms with Crippen molar-refractivity contribution in [3.63, 3.8) is 0 Å². The summed E-state index contributed by atoms with van der Waals surface area (Å²) in [6.07, 6.45) is -0.506. The molecule has 0 aromatic heterocycles. The number of amides is 2. The van der Waals surface area contributed by atoms with Gasteiger partial charge < -0.3 is 14.8 Å². The molecule has 7 nitrogen and oxygen atoms in total. The van der Waals surface area contributed by atoms with Crippen LogP contribution in [0, 0.1) is 0 Å². The first-order chi connectivity index (χ1) is 16.1. The Morgan fingerprint density at radius 2 is 1.59 bits per heavy atom. The number of benzene rings is 3. The summed E-state index contributed by atoms with van der Waals surface area (Å²) in [7, 11) is 1.63. The number of carbonyl (C=O) groups excluding carboxylic acids is 2. The number of ether oxygens (including phenoxy) is 2. The van der Waals surface area contributed by atoms with Gasteiger partial charge in [0.05, 0.1) is 12.8 Å². The number of hydrazine groups is 1. The van der Waals surface area contributed by atoms with Gasteiger partial charge in [-0.15, -0.1) is 0 Å². The molecule has 2 amide bonds. The van der Waals surface area contributed by atoms with Crippen molar-refractivity contribution in [3.05, 3.63) is 71.8 Å². The van der Waals surface area contributed by atoms with Gasteiger partial charge in [0.2, 0.25) is 0 Å². The Balaban J connectivity index is 1.82. The maximum Gasteiger partial charge on any atom is 0.429 e. The molecule has 0 atom stereocenters. The van der Waals surface area contributed by atoms with E-state index in [4.69, 9.17) is 9.47 Å². The van der Waals surface area contributed by atoms with Crippen LogP contribution < -0.4 is 20.5 Å². The molecule has 180 valence electrons. The van der Waals surface area contributed by atoms with Crippen LogP contribution in [0.3, 0.4) is 0 Å². The number of hydrogen-bond donors (Lipinski definition) is 2. The Morgan fingerprint density at radius 3 is 2.21 bits per heavy atom. The molecule has 2 N–H and O–H groups in total. The molecule has 0 unspecified atom stereocenters. The lowest BCUT2D eigenvalue weighted by molar-refractivity contribution is 0.0560. The largest absolute Gasteiger partial charge is 0.497 e. The molecule has 3 rings (SSSR count). The zero-order valence-electron chi connectivity index (χ0n) is 20.6. The van der Waals surface area contributed by atoms with Gasteiger partial charge in [0, 0.05) is 18.2 Å². The Morgan fingerprint density at radius 1 is 0.941 bits per heavy atom. The second-order valence-corrected chi connectivity index (χ2v) is 9.37. The van der Waals surface area contributed by atoms with Gasteiger partial charge in [-0.1, -0.05) is 24.3 Å². The van der Waals surface area contributed by atoms with E-state index >= 15 is 0 Å². The van der Waals surface area contributed by atoms with Gasteiger partial charge in [0.1, 0.15) is 11.4 Å². The SMILES string of the molecule is COc1ccc2cc(N(NCc3ccc(C(=O)NC(C)C)cc3)C(=O)OC(C)(C)C)ccc2c1. The van der Waals surface area contributed by atoms with Crippen LogP contribution in [-0.4, -0.2) is 30.8 Å². The molecular formula is C27H33N3O4. The average Bonchev–Trinajstić information content (AvgIpc) is 2.77. The Labute approximate surface area is 201 Å². The molecule has 0 fully saturated rings.